The van der Waals surface area contributed by atoms with E-state index >= 15 is 0 Å². The second-order valence-corrected chi connectivity index (χ2v) is 3.68. The van der Waals surface area contributed by atoms with E-state index in [-0.39, 0.29) is 0 Å². The van der Waals surface area contributed by atoms with Crippen molar-refractivity contribution in [3.8, 4) is 0 Å². The number of nitrogens with zero attached hydrogens (tertiary/aromatic N) is 5. The fourth-order valence-corrected chi connectivity index (χ4v) is 1.72. The van der Waals surface area contributed by atoms with E-state index < -0.39 is 0 Å². The molecule has 0 aliphatic heterocycles. The minimum Gasteiger partial charge on any atom is -0.383 e. The molecule has 0 aromatic carbocycles. The van der Waals surface area contributed by atoms with Crippen molar-refractivity contribution < 1.29 is 0 Å². The molecule has 3 N–H and O–H groups in total. The first-order valence-corrected chi connectivity index (χ1v) is 4.71. The maximum Gasteiger partial charge on any atom is 0.215 e. The van der Waals surface area contributed by atoms with Crippen molar-refractivity contribution in [1.82, 2.24) is 30.2 Å². The number of nitrogen functional groups attached to an aromatic ring is 1. The lowest BCUT2D eigenvalue weighted by Crippen LogP contribution is -1.94. The molecule has 0 saturated heterocycles. The van der Waals surface area contributed by atoms with Crippen LogP contribution in [0.5, 0.6) is 0 Å². The Morgan fingerprint density at radius 1 is 1.50 bits per heavy atom. The summed E-state index contributed by atoms with van der Waals surface area (Å²) in [7, 11) is 1.76. The maximum atomic E-state index is 5.69. The summed E-state index contributed by atoms with van der Waals surface area (Å²) in [5.74, 6) is 1.32. The van der Waals surface area contributed by atoms with Crippen molar-refractivity contribution >= 4 is 17.6 Å². The van der Waals surface area contributed by atoms with Crippen molar-refractivity contribution in [2.45, 2.75) is 17.1 Å². The van der Waals surface area contributed by atoms with E-state index in [9.17, 15) is 0 Å². The summed E-state index contributed by atoms with van der Waals surface area (Å²) in [6.07, 6.45) is 0. The molecule has 0 unspecified atom stereocenters. The third-order valence-electron chi connectivity index (χ3n) is 1.58. The maximum absolute atomic E-state index is 5.69. The van der Waals surface area contributed by atoms with Crippen molar-refractivity contribution in [3.05, 3.63) is 5.82 Å². The first-order chi connectivity index (χ1) is 6.66. The fourth-order valence-electron chi connectivity index (χ4n) is 0.961. The lowest BCUT2D eigenvalue weighted by atomic mass is 10.8. The van der Waals surface area contributed by atoms with Crippen LogP contribution in [0.4, 0.5) is 5.82 Å². The van der Waals surface area contributed by atoms with Crippen LogP contribution >= 0.6 is 11.8 Å². The Morgan fingerprint density at radius 2 is 2.29 bits per heavy atom. The standard InChI is InChI=1S/C6H9N7S/c1-3-8-4(7)5(9-3)14-6-10-11-12-13(6)2/h7H2,1-2H3,(H,8,9). The monoisotopic (exact) mass is 211 g/mol. The van der Waals surface area contributed by atoms with Crippen LogP contribution in [0, 0.1) is 6.92 Å². The molecule has 0 saturated carbocycles. The van der Waals surface area contributed by atoms with E-state index in [0.717, 1.165) is 5.82 Å². The van der Waals surface area contributed by atoms with Crippen molar-refractivity contribution in [1.29, 1.82) is 0 Å². The first kappa shape index (κ1) is 9.00. The number of tetrazole rings is 1. The molecular formula is C6H9N7S. The van der Waals surface area contributed by atoms with Gasteiger partial charge >= 0.3 is 0 Å². The van der Waals surface area contributed by atoms with Crippen molar-refractivity contribution in [2.24, 2.45) is 7.05 Å². The number of hydrogen-bond acceptors (Lipinski definition) is 6. The predicted octanol–water partition coefficient (Wildman–Crippen LogP) is -0.0250. The van der Waals surface area contributed by atoms with E-state index in [4.69, 9.17) is 5.73 Å². The molecule has 2 aromatic rings. The Morgan fingerprint density at radius 3 is 2.79 bits per heavy atom. The second kappa shape index (κ2) is 3.29. The SMILES string of the molecule is Cc1nc(Sc2nnnn2C)c(N)[nH]1. The molecular weight excluding hydrogens is 202 g/mol. The van der Waals surface area contributed by atoms with Gasteiger partial charge in [0, 0.05) is 7.05 Å². The third-order valence-corrected chi connectivity index (χ3v) is 2.62. The van der Waals surface area contributed by atoms with E-state index in [2.05, 4.69) is 25.5 Å². The molecule has 0 radical (unpaired) electrons. The van der Waals surface area contributed by atoms with Crippen LogP contribution in [0.1, 0.15) is 5.82 Å². The molecule has 74 valence electrons. The molecule has 0 fully saturated rings. The molecule has 7 nitrogen and oxygen atoms in total. The molecule has 0 bridgehead atoms. The summed E-state index contributed by atoms with van der Waals surface area (Å²) >= 11 is 1.33. The minimum absolute atomic E-state index is 0.538. The van der Waals surface area contributed by atoms with E-state index in [1.807, 2.05) is 6.92 Å². The molecule has 2 aromatic heterocycles. The van der Waals surface area contributed by atoms with E-state index in [0.29, 0.717) is 16.0 Å². The van der Waals surface area contributed by atoms with Gasteiger partial charge in [-0.3, -0.25) is 0 Å². The largest absolute Gasteiger partial charge is 0.383 e. The van der Waals surface area contributed by atoms with Gasteiger partial charge in [0.05, 0.1) is 0 Å². The number of H-pyrrole nitrogens is 1. The summed E-state index contributed by atoms with van der Waals surface area (Å²) < 4.78 is 1.56. The summed E-state index contributed by atoms with van der Waals surface area (Å²) in [6, 6.07) is 0. The Bertz CT molecular complexity index is 445. The summed E-state index contributed by atoms with van der Waals surface area (Å²) in [4.78, 5) is 7.11. The van der Waals surface area contributed by atoms with Crippen LogP contribution in [0.3, 0.4) is 0 Å². The summed E-state index contributed by atoms with van der Waals surface area (Å²) in [5.41, 5.74) is 5.69. The number of hydrogen-bond donors (Lipinski definition) is 2. The number of rotatable bonds is 2. The second-order valence-electron chi connectivity index (χ2n) is 2.73. The van der Waals surface area contributed by atoms with Gasteiger partial charge in [-0.1, -0.05) is 0 Å². The molecule has 0 aliphatic carbocycles. The average molecular weight is 211 g/mol. The van der Waals surface area contributed by atoms with E-state index in [1.54, 1.807) is 11.7 Å². The number of aromatic amines is 1. The summed E-state index contributed by atoms with van der Waals surface area (Å²) in [5, 5.41) is 12.4. The molecule has 2 heterocycles. The number of aryl methyl sites for hydroxylation is 2. The van der Waals surface area contributed by atoms with Gasteiger partial charge in [0.25, 0.3) is 0 Å². The zero-order chi connectivity index (χ0) is 10.1. The quantitative estimate of drug-likeness (QED) is 0.724. The molecule has 0 spiro atoms. The van der Waals surface area contributed by atoms with Gasteiger partial charge in [0.15, 0.2) is 0 Å². The number of aromatic nitrogens is 6. The third kappa shape index (κ3) is 1.55. The van der Waals surface area contributed by atoms with Crippen molar-refractivity contribution in [3.63, 3.8) is 0 Å². The van der Waals surface area contributed by atoms with Crippen LogP contribution in [0.2, 0.25) is 0 Å². The Kier molecular flexibility index (Phi) is 2.12. The predicted molar refractivity (Wildman–Crippen MR) is 50.7 cm³/mol. The highest BCUT2D eigenvalue weighted by Gasteiger charge is 2.10. The van der Waals surface area contributed by atoms with Gasteiger partial charge in [-0.25, -0.2) is 9.67 Å². The van der Waals surface area contributed by atoms with Gasteiger partial charge in [-0.05, 0) is 29.1 Å². The Labute approximate surface area is 84.1 Å². The highest BCUT2D eigenvalue weighted by atomic mass is 32.2. The smallest absolute Gasteiger partial charge is 0.215 e. The average Bonchev–Trinajstić information content (AvgIpc) is 2.62. The van der Waals surface area contributed by atoms with Gasteiger partial charge in [0.2, 0.25) is 5.16 Å². The molecule has 14 heavy (non-hydrogen) atoms. The van der Waals surface area contributed by atoms with Gasteiger partial charge in [0.1, 0.15) is 16.7 Å². The molecule has 0 amide bonds. The van der Waals surface area contributed by atoms with Crippen LogP contribution in [-0.4, -0.2) is 30.2 Å². The van der Waals surface area contributed by atoms with Crippen LogP contribution in [-0.2, 0) is 7.05 Å². The summed E-state index contributed by atoms with van der Waals surface area (Å²) in [6.45, 7) is 1.84. The normalized spacial score (nSPS) is 10.7. The van der Waals surface area contributed by atoms with Crippen LogP contribution in [0.15, 0.2) is 10.2 Å². The number of anilines is 1. The zero-order valence-electron chi connectivity index (χ0n) is 7.72. The van der Waals surface area contributed by atoms with Crippen LogP contribution < -0.4 is 5.73 Å². The number of imidazole rings is 1. The molecule has 2 rings (SSSR count). The fraction of sp³-hybridized carbons (Fsp3) is 0.333. The van der Waals surface area contributed by atoms with Gasteiger partial charge in [-0.15, -0.1) is 5.10 Å². The lowest BCUT2D eigenvalue weighted by molar-refractivity contribution is 0.664. The number of nitrogens with two attached hydrogens (primary N) is 1. The Hall–Kier alpha value is -1.57. The van der Waals surface area contributed by atoms with Gasteiger partial charge in [-0.2, -0.15) is 0 Å². The molecule has 8 heteroatoms. The number of nitrogens with one attached hydrogen (secondary N) is 1. The van der Waals surface area contributed by atoms with Crippen molar-refractivity contribution in [2.75, 3.05) is 5.73 Å². The van der Waals surface area contributed by atoms with Crippen LogP contribution in [0.25, 0.3) is 0 Å². The zero-order valence-corrected chi connectivity index (χ0v) is 8.54. The Balaban J connectivity index is 2.27. The highest BCUT2D eigenvalue weighted by Crippen LogP contribution is 2.27. The lowest BCUT2D eigenvalue weighted by Gasteiger charge is -1.95. The molecule has 0 aliphatic rings. The minimum atomic E-state index is 0.538. The topological polar surface area (TPSA) is 98.3 Å². The van der Waals surface area contributed by atoms with Gasteiger partial charge < -0.3 is 10.7 Å². The highest BCUT2D eigenvalue weighted by molar-refractivity contribution is 7.99. The van der Waals surface area contributed by atoms with E-state index in [1.165, 1.54) is 11.8 Å². The first-order valence-electron chi connectivity index (χ1n) is 3.89. The molecule has 0 atom stereocenters.